The first kappa shape index (κ1) is 10.6. The molecule has 3 rings (SSSR count). The molecule has 1 aromatic carbocycles. The molecule has 1 heterocycles. The molecule has 0 fully saturated rings. The molecule has 1 aromatic rings. The molecule has 0 aromatic heterocycles. The smallest absolute Gasteiger partial charge is 0.161 e. The van der Waals surface area contributed by atoms with Gasteiger partial charge in [0.1, 0.15) is 0 Å². The van der Waals surface area contributed by atoms with Crippen LogP contribution < -0.4 is 9.47 Å². The van der Waals surface area contributed by atoms with Gasteiger partial charge in [-0.05, 0) is 37.0 Å². The summed E-state index contributed by atoms with van der Waals surface area (Å²) in [6.45, 7) is 0.980. The van der Waals surface area contributed by atoms with Gasteiger partial charge in [0.05, 0.1) is 14.2 Å². The number of hydrogen-bond donors (Lipinski definition) is 0. The molecule has 3 heteroatoms. The second-order valence-electron chi connectivity index (χ2n) is 4.66. The van der Waals surface area contributed by atoms with E-state index in [1.54, 1.807) is 14.2 Å². The highest BCUT2D eigenvalue weighted by molar-refractivity contribution is 6.05. The third-order valence-electron chi connectivity index (χ3n) is 3.79. The lowest BCUT2D eigenvalue weighted by Gasteiger charge is -2.24. The van der Waals surface area contributed by atoms with Gasteiger partial charge in [0, 0.05) is 23.7 Å². The van der Waals surface area contributed by atoms with E-state index in [2.05, 4.69) is 17.1 Å². The van der Waals surface area contributed by atoms with E-state index in [9.17, 15) is 0 Å². The number of nitrogens with zero attached hydrogens (tertiary/aromatic N) is 1. The fourth-order valence-corrected chi connectivity index (χ4v) is 2.89. The summed E-state index contributed by atoms with van der Waals surface area (Å²) in [5.74, 6) is 2.30. The number of hydrogen-bond acceptors (Lipinski definition) is 3. The topological polar surface area (TPSA) is 30.8 Å². The van der Waals surface area contributed by atoms with Gasteiger partial charge in [-0.1, -0.05) is 0 Å². The number of aliphatic imine (C=N–C) groups is 1. The second kappa shape index (κ2) is 4.06. The Bertz CT molecular complexity index is 479. The van der Waals surface area contributed by atoms with Crippen LogP contribution in [-0.2, 0) is 6.42 Å². The van der Waals surface area contributed by atoms with Gasteiger partial charge in [-0.15, -0.1) is 0 Å². The number of fused-ring (bicyclic) bond motifs is 3. The lowest BCUT2D eigenvalue weighted by molar-refractivity contribution is 0.354. The van der Waals surface area contributed by atoms with Crippen LogP contribution in [-0.4, -0.2) is 26.5 Å². The minimum atomic E-state index is 0.667. The molecule has 0 saturated carbocycles. The van der Waals surface area contributed by atoms with E-state index in [0.717, 1.165) is 24.5 Å². The fraction of sp³-hybridized carbons (Fsp3) is 0.500. The highest BCUT2D eigenvalue weighted by Gasteiger charge is 2.29. The molecule has 0 bridgehead atoms. The number of benzene rings is 1. The van der Waals surface area contributed by atoms with E-state index in [-0.39, 0.29) is 0 Å². The monoisotopic (exact) mass is 231 g/mol. The molecule has 17 heavy (non-hydrogen) atoms. The van der Waals surface area contributed by atoms with E-state index in [4.69, 9.17) is 9.47 Å². The molecule has 3 nitrogen and oxygen atoms in total. The normalized spacial score (nSPS) is 21.5. The van der Waals surface area contributed by atoms with Crippen LogP contribution in [0.5, 0.6) is 11.5 Å². The summed E-state index contributed by atoms with van der Waals surface area (Å²) in [4.78, 5) is 4.65. The van der Waals surface area contributed by atoms with Crippen molar-refractivity contribution in [1.82, 2.24) is 0 Å². The van der Waals surface area contributed by atoms with Crippen LogP contribution in [0.15, 0.2) is 17.1 Å². The van der Waals surface area contributed by atoms with E-state index in [1.807, 2.05) is 0 Å². The maximum atomic E-state index is 5.37. The Kier molecular flexibility index (Phi) is 2.54. The third kappa shape index (κ3) is 1.61. The first-order valence-electron chi connectivity index (χ1n) is 6.13. The standard InChI is InChI=1S/C14H17NO2/c1-16-12-7-10-4-3-9-5-6-15-14(9)11(10)8-13(12)17-2/h7-9H,3-6H2,1-2H3. The summed E-state index contributed by atoms with van der Waals surface area (Å²) in [5, 5.41) is 0. The van der Waals surface area contributed by atoms with E-state index >= 15 is 0 Å². The van der Waals surface area contributed by atoms with E-state index < -0.39 is 0 Å². The van der Waals surface area contributed by atoms with Gasteiger partial charge in [0.2, 0.25) is 0 Å². The Labute approximate surface area is 101 Å². The van der Waals surface area contributed by atoms with E-state index in [0.29, 0.717) is 5.92 Å². The molecule has 1 aliphatic carbocycles. The molecule has 90 valence electrons. The molecular weight excluding hydrogens is 214 g/mol. The van der Waals surface area contributed by atoms with Crippen LogP contribution in [0.1, 0.15) is 24.0 Å². The minimum absolute atomic E-state index is 0.667. The van der Waals surface area contributed by atoms with Gasteiger partial charge in [0.15, 0.2) is 11.5 Å². The molecule has 2 aliphatic rings. The predicted octanol–water partition coefficient (Wildman–Crippen LogP) is 2.46. The highest BCUT2D eigenvalue weighted by atomic mass is 16.5. The number of rotatable bonds is 2. The Balaban J connectivity index is 2.12. The van der Waals surface area contributed by atoms with Crippen LogP contribution in [0.25, 0.3) is 0 Å². The summed E-state index contributed by atoms with van der Waals surface area (Å²) >= 11 is 0. The fourth-order valence-electron chi connectivity index (χ4n) is 2.89. The van der Waals surface area contributed by atoms with Crippen molar-refractivity contribution in [1.29, 1.82) is 0 Å². The lowest BCUT2D eigenvalue weighted by Crippen LogP contribution is -2.20. The van der Waals surface area contributed by atoms with Crippen LogP contribution in [0.4, 0.5) is 0 Å². The lowest BCUT2D eigenvalue weighted by atomic mass is 9.82. The molecule has 0 radical (unpaired) electrons. The third-order valence-corrected chi connectivity index (χ3v) is 3.79. The zero-order chi connectivity index (χ0) is 11.8. The van der Waals surface area contributed by atoms with Gasteiger partial charge in [0.25, 0.3) is 0 Å². The Hall–Kier alpha value is -1.51. The summed E-state index contributed by atoms with van der Waals surface area (Å²) in [6.07, 6.45) is 3.56. The van der Waals surface area contributed by atoms with Crippen LogP contribution >= 0.6 is 0 Å². The zero-order valence-electron chi connectivity index (χ0n) is 10.3. The quantitative estimate of drug-likeness (QED) is 0.782. The van der Waals surface area contributed by atoms with Crippen molar-refractivity contribution in [2.45, 2.75) is 19.3 Å². The van der Waals surface area contributed by atoms with Gasteiger partial charge in [-0.2, -0.15) is 0 Å². The van der Waals surface area contributed by atoms with Gasteiger partial charge in [-0.25, -0.2) is 0 Å². The summed E-state index contributed by atoms with van der Waals surface area (Å²) < 4.78 is 10.7. The van der Waals surface area contributed by atoms with Crippen molar-refractivity contribution in [2.24, 2.45) is 10.9 Å². The van der Waals surface area contributed by atoms with Crippen molar-refractivity contribution in [3.8, 4) is 11.5 Å². The largest absolute Gasteiger partial charge is 0.493 e. The Morgan fingerprint density at radius 1 is 1.12 bits per heavy atom. The zero-order valence-corrected chi connectivity index (χ0v) is 10.3. The molecule has 0 saturated heterocycles. The van der Waals surface area contributed by atoms with Crippen molar-refractivity contribution in [2.75, 3.05) is 20.8 Å². The Morgan fingerprint density at radius 3 is 2.65 bits per heavy atom. The maximum Gasteiger partial charge on any atom is 0.161 e. The first-order valence-corrected chi connectivity index (χ1v) is 6.13. The molecule has 0 spiro atoms. The van der Waals surface area contributed by atoms with Gasteiger partial charge in [-0.3, -0.25) is 4.99 Å². The van der Waals surface area contributed by atoms with Crippen molar-refractivity contribution >= 4 is 5.71 Å². The SMILES string of the molecule is COc1cc2c(cc1OC)C1=NCCC1CC2. The second-order valence-corrected chi connectivity index (χ2v) is 4.66. The molecular formula is C14H17NO2. The molecule has 1 unspecified atom stereocenters. The number of ether oxygens (including phenoxy) is 2. The maximum absolute atomic E-state index is 5.37. The molecule has 1 atom stereocenters. The van der Waals surface area contributed by atoms with E-state index in [1.165, 1.54) is 29.7 Å². The molecule has 0 N–H and O–H groups in total. The summed E-state index contributed by atoms with van der Waals surface area (Å²) in [7, 11) is 3.37. The minimum Gasteiger partial charge on any atom is -0.493 e. The van der Waals surface area contributed by atoms with Crippen molar-refractivity contribution in [3.05, 3.63) is 23.3 Å². The van der Waals surface area contributed by atoms with Crippen molar-refractivity contribution < 1.29 is 9.47 Å². The predicted molar refractivity (Wildman–Crippen MR) is 67.4 cm³/mol. The average molecular weight is 231 g/mol. The summed E-state index contributed by atoms with van der Waals surface area (Å²) in [5.41, 5.74) is 3.91. The average Bonchev–Trinajstić information content (AvgIpc) is 2.85. The van der Waals surface area contributed by atoms with Gasteiger partial charge >= 0.3 is 0 Å². The molecule has 1 aliphatic heterocycles. The Morgan fingerprint density at radius 2 is 1.88 bits per heavy atom. The number of methoxy groups -OCH3 is 2. The number of aryl methyl sites for hydroxylation is 1. The van der Waals surface area contributed by atoms with Crippen LogP contribution in [0, 0.1) is 5.92 Å². The highest BCUT2D eigenvalue weighted by Crippen LogP contribution is 2.38. The first-order chi connectivity index (χ1) is 8.33. The van der Waals surface area contributed by atoms with Crippen LogP contribution in [0.2, 0.25) is 0 Å². The van der Waals surface area contributed by atoms with Crippen LogP contribution in [0.3, 0.4) is 0 Å². The van der Waals surface area contributed by atoms with Crippen molar-refractivity contribution in [3.63, 3.8) is 0 Å². The van der Waals surface area contributed by atoms with Gasteiger partial charge < -0.3 is 9.47 Å². The molecule has 0 amide bonds. The summed E-state index contributed by atoms with van der Waals surface area (Å²) in [6, 6.07) is 4.19.